The molecule has 138 valence electrons. The summed E-state index contributed by atoms with van der Waals surface area (Å²) in [6, 6.07) is -0.340. The molecule has 6 heteroatoms. The van der Waals surface area contributed by atoms with Crippen LogP contribution in [-0.4, -0.2) is 46.9 Å². The van der Waals surface area contributed by atoms with Gasteiger partial charge >= 0.3 is 5.97 Å². The van der Waals surface area contributed by atoms with Gasteiger partial charge in [0.05, 0.1) is 0 Å². The number of nitrogens with zero attached hydrogens (tertiary/aromatic N) is 1. The molecule has 0 spiro atoms. The first-order valence-electron chi connectivity index (χ1n) is 9.35. The second-order valence-electron chi connectivity index (χ2n) is 6.55. The number of carboxylic acids is 1. The van der Waals surface area contributed by atoms with Crippen LogP contribution in [0.3, 0.4) is 0 Å². The monoisotopic (exact) mass is 340 g/mol. The van der Waals surface area contributed by atoms with Crippen molar-refractivity contribution in [3.8, 4) is 0 Å². The van der Waals surface area contributed by atoms with Crippen molar-refractivity contribution >= 4 is 17.8 Å². The lowest BCUT2D eigenvalue weighted by Crippen LogP contribution is -2.46. The van der Waals surface area contributed by atoms with Crippen molar-refractivity contribution in [2.75, 3.05) is 13.1 Å². The number of aliphatic carboxylic acids is 1. The Hall–Kier alpha value is -1.59. The topological polar surface area (TPSA) is 86.7 Å². The maximum Gasteiger partial charge on any atom is 0.303 e. The van der Waals surface area contributed by atoms with E-state index in [0.717, 1.165) is 25.7 Å². The Morgan fingerprint density at radius 2 is 1.75 bits per heavy atom. The molecule has 0 radical (unpaired) electrons. The van der Waals surface area contributed by atoms with E-state index in [-0.39, 0.29) is 24.3 Å². The molecule has 0 aromatic carbocycles. The molecule has 0 bridgehead atoms. The molecule has 1 fully saturated rings. The van der Waals surface area contributed by atoms with Crippen LogP contribution in [0.2, 0.25) is 0 Å². The molecule has 1 saturated heterocycles. The molecule has 24 heavy (non-hydrogen) atoms. The van der Waals surface area contributed by atoms with E-state index in [2.05, 4.69) is 12.2 Å². The average Bonchev–Trinajstić information content (AvgIpc) is 3.03. The highest BCUT2D eigenvalue weighted by Gasteiger charge is 2.33. The minimum absolute atomic E-state index is 0.0926. The van der Waals surface area contributed by atoms with Gasteiger partial charge in [0, 0.05) is 25.9 Å². The smallest absolute Gasteiger partial charge is 0.303 e. The Labute approximate surface area is 145 Å². The quantitative estimate of drug-likeness (QED) is 0.535. The van der Waals surface area contributed by atoms with Crippen molar-refractivity contribution < 1.29 is 19.5 Å². The molecular formula is C18H32N2O4. The lowest BCUT2D eigenvalue weighted by atomic mass is 10.1. The summed E-state index contributed by atoms with van der Waals surface area (Å²) in [6.07, 6.45) is 9.02. The predicted octanol–water partition coefficient (Wildman–Crippen LogP) is 2.71. The zero-order valence-corrected chi connectivity index (χ0v) is 14.9. The van der Waals surface area contributed by atoms with Crippen molar-refractivity contribution in [2.24, 2.45) is 0 Å². The van der Waals surface area contributed by atoms with Crippen LogP contribution in [-0.2, 0) is 14.4 Å². The average molecular weight is 340 g/mol. The summed E-state index contributed by atoms with van der Waals surface area (Å²) < 4.78 is 0. The third-order valence-corrected chi connectivity index (χ3v) is 4.49. The van der Waals surface area contributed by atoms with Crippen molar-refractivity contribution in [1.82, 2.24) is 10.2 Å². The van der Waals surface area contributed by atoms with Gasteiger partial charge in [0.25, 0.3) is 0 Å². The lowest BCUT2D eigenvalue weighted by Gasteiger charge is -2.24. The fourth-order valence-corrected chi connectivity index (χ4v) is 3.09. The number of rotatable bonds is 12. The molecule has 1 atom stereocenters. The highest BCUT2D eigenvalue weighted by Crippen LogP contribution is 2.19. The van der Waals surface area contributed by atoms with E-state index in [0.29, 0.717) is 32.4 Å². The van der Waals surface area contributed by atoms with Crippen LogP contribution in [0, 0.1) is 0 Å². The normalized spacial score (nSPS) is 17.0. The molecule has 1 aliphatic rings. The van der Waals surface area contributed by atoms with Crippen molar-refractivity contribution in [3.05, 3.63) is 0 Å². The second kappa shape index (κ2) is 11.9. The minimum atomic E-state index is -0.812. The molecule has 1 unspecified atom stereocenters. The summed E-state index contributed by atoms with van der Waals surface area (Å²) in [7, 11) is 0. The number of likely N-dealkylation sites (tertiary alicyclic amines) is 1. The van der Waals surface area contributed by atoms with Crippen LogP contribution in [0.1, 0.15) is 77.6 Å². The molecule has 6 nitrogen and oxygen atoms in total. The number of carbonyl (C=O) groups is 3. The highest BCUT2D eigenvalue weighted by molar-refractivity contribution is 5.88. The highest BCUT2D eigenvalue weighted by atomic mass is 16.4. The fourth-order valence-electron chi connectivity index (χ4n) is 3.09. The Morgan fingerprint density at radius 1 is 1.04 bits per heavy atom. The van der Waals surface area contributed by atoms with Crippen LogP contribution < -0.4 is 5.32 Å². The van der Waals surface area contributed by atoms with E-state index >= 15 is 0 Å². The van der Waals surface area contributed by atoms with Crippen molar-refractivity contribution in [3.63, 3.8) is 0 Å². The van der Waals surface area contributed by atoms with E-state index in [1.807, 2.05) is 0 Å². The molecule has 1 aliphatic heterocycles. The molecule has 0 aliphatic carbocycles. The first-order valence-corrected chi connectivity index (χ1v) is 9.35. The maximum atomic E-state index is 12.3. The van der Waals surface area contributed by atoms with Gasteiger partial charge in [-0.1, -0.05) is 32.6 Å². The number of amides is 2. The zero-order chi connectivity index (χ0) is 17.8. The molecule has 1 heterocycles. The minimum Gasteiger partial charge on any atom is -0.481 e. The van der Waals surface area contributed by atoms with Gasteiger partial charge in [-0.05, 0) is 32.1 Å². The number of unbranched alkanes of at least 4 members (excludes halogenated alkanes) is 5. The molecule has 0 aromatic heterocycles. The predicted molar refractivity (Wildman–Crippen MR) is 92.6 cm³/mol. The first-order chi connectivity index (χ1) is 11.6. The SMILES string of the molecule is CCCCCCCC(=O)N1CCCC1C(=O)NCCCCC(=O)O. The van der Waals surface area contributed by atoms with Crippen LogP contribution in [0.4, 0.5) is 0 Å². The summed E-state index contributed by atoms with van der Waals surface area (Å²) in [5, 5.41) is 11.4. The third-order valence-electron chi connectivity index (χ3n) is 4.49. The van der Waals surface area contributed by atoms with Gasteiger partial charge in [0.15, 0.2) is 0 Å². The van der Waals surface area contributed by atoms with Crippen LogP contribution >= 0.6 is 0 Å². The second-order valence-corrected chi connectivity index (χ2v) is 6.55. The zero-order valence-electron chi connectivity index (χ0n) is 14.9. The largest absolute Gasteiger partial charge is 0.481 e. The number of hydrogen-bond acceptors (Lipinski definition) is 3. The van der Waals surface area contributed by atoms with Gasteiger partial charge in [-0.15, -0.1) is 0 Å². The number of carbonyl (C=O) groups excluding carboxylic acids is 2. The molecule has 2 amide bonds. The van der Waals surface area contributed by atoms with E-state index in [1.54, 1.807) is 4.90 Å². The standard InChI is InChI=1S/C18H32N2O4/c1-2-3-4-5-6-11-16(21)20-14-9-10-15(20)18(24)19-13-8-7-12-17(22)23/h15H,2-14H2,1H3,(H,19,24)(H,22,23). The number of carboxylic acid groups (broad SMARTS) is 1. The van der Waals surface area contributed by atoms with E-state index in [4.69, 9.17) is 5.11 Å². The Kier molecular flexibility index (Phi) is 10.1. The van der Waals surface area contributed by atoms with Crippen LogP contribution in [0.5, 0.6) is 0 Å². The van der Waals surface area contributed by atoms with Crippen molar-refractivity contribution in [1.29, 1.82) is 0 Å². The lowest BCUT2D eigenvalue weighted by molar-refractivity contribution is -0.138. The summed E-state index contributed by atoms with van der Waals surface area (Å²) in [6.45, 7) is 3.31. The first kappa shape index (κ1) is 20.5. The van der Waals surface area contributed by atoms with Gasteiger partial charge in [-0.25, -0.2) is 0 Å². The van der Waals surface area contributed by atoms with Gasteiger partial charge < -0.3 is 15.3 Å². The number of hydrogen-bond donors (Lipinski definition) is 2. The Bertz CT molecular complexity index is 412. The molecule has 0 saturated carbocycles. The Morgan fingerprint density at radius 3 is 2.46 bits per heavy atom. The van der Waals surface area contributed by atoms with Gasteiger partial charge in [-0.3, -0.25) is 14.4 Å². The summed E-state index contributed by atoms with van der Waals surface area (Å²) >= 11 is 0. The van der Waals surface area contributed by atoms with Crippen LogP contribution in [0.15, 0.2) is 0 Å². The molecule has 0 aromatic rings. The fraction of sp³-hybridized carbons (Fsp3) is 0.833. The maximum absolute atomic E-state index is 12.3. The van der Waals surface area contributed by atoms with Crippen LogP contribution in [0.25, 0.3) is 0 Å². The number of nitrogens with one attached hydrogen (secondary N) is 1. The van der Waals surface area contributed by atoms with E-state index < -0.39 is 5.97 Å². The van der Waals surface area contributed by atoms with Gasteiger partial charge in [0.1, 0.15) is 6.04 Å². The summed E-state index contributed by atoms with van der Waals surface area (Å²) in [5.41, 5.74) is 0. The van der Waals surface area contributed by atoms with Gasteiger partial charge in [-0.2, -0.15) is 0 Å². The summed E-state index contributed by atoms with van der Waals surface area (Å²) in [4.78, 5) is 36.7. The molecule has 2 N–H and O–H groups in total. The van der Waals surface area contributed by atoms with E-state index in [1.165, 1.54) is 19.3 Å². The van der Waals surface area contributed by atoms with E-state index in [9.17, 15) is 14.4 Å². The third kappa shape index (κ3) is 7.79. The Balaban J connectivity index is 2.26. The van der Waals surface area contributed by atoms with Crippen molar-refractivity contribution in [2.45, 2.75) is 83.6 Å². The molecule has 1 rings (SSSR count). The summed E-state index contributed by atoms with van der Waals surface area (Å²) in [5.74, 6) is -0.815. The van der Waals surface area contributed by atoms with Gasteiger partial charge in [0.2, 0.25) is 11.8 Å². The molecular weight excluding hydrogens is 308 g/mol.